The van der Waals surface area contributed by atoms with Crippen LogP contribution in [0.3, 0.4) is 0 Å². The third-order valence-electron chi connectivity index (χ3n) is 3.58. The van der Waals surface area contributed by atoms with E-state index in [1.165, 1.54) is 32.7 Å². The summed E-state index contributed by atoms with van der Waals surface area (Å²) in [7, 11) is 4.11. The van der Waals surface area contributed by atoms with E-state index in [1.54, 1.807) is 6.07 Å². The summed E-state index contributed by atoms with van der Waals surface area (Å²) < 4.78 is 21.4. The first-order valence-electron chi connectivity index (χ1n) is 7.03. The SMILES string of the molecule is COC(=O)C(OC)(OC)c1ccsc1COc1ccccc1C. The van der Waals surface area contributed by atoms with Crippen LogP contribution in [0.4, 0.5) is 0 Å². The van der Waals surface area contributed by atoms with Crippen molar-refractivity contribution in [1.82, 2.24) is 0 Å². The lowest BCUT2D eigenvalue weighted by Gasteiger charge is -2.28. The van der Waals surface area contributed by atoms with Crippen molar-refractivity contribution in [3.8, 4) is 5.75 Å². The molecule has 5 nitrogen and oxygen atoms in total. The highest BCUT2D eigenvalue weighted by Crippen LogP contribution is 2.34. The van der Waals surface area contributed by atoms with Gasteiger partial charge in [0.15, 0.2) is 0 Å². The van der Waals surface area contributed by atoms with E-state index in [4.69, 9.17) is 18.9 Å². The average molecular weight is 336 g/mol. The molecule has 0 aliphatic carbocycles. The fourth-order valence-electron chi connectivity index (χ4n) is 2.32. The Hall–Kier alpha value is -1.89. The van der Waals surface area contributed by atoms with Gasteiger partial charge >= 0.3 is 5.97 Å². The molecule has 1 heterocycles. The van der Waals surface area contributed by atoms with Gasteiger partial charge in [0.05, 0.1) is 12.0 Å². The first kappa shape index (κ1) is 17.5. The van der Waals surface area contributed by atoms with Gasteiger partial charge in [-0.25, -0.2) is 4.79 Å². The third-order valence-corrected chi connectivity index (χ3v) is 4.48. The lowest BCUT2D eigenvalue weighted by molar-refractivity contribution is -0.234. The monoisotopic (exact) mass is 336 g/mol. The van der Waals surface area contributed by atoms with E-state index in [0.717, 1.165) is 16.2 Å². The van der Waals surface area contributed by atoms with Gasteiger partial charge in [0, 0.05) is 19.8 Å². The van der Waals surface area contributed by atoms with Crippen LogP contribution < -0.4 is 4.74 Å². The van der Waals surface area contributed by atoms with Crippen LogP contribution in [0.1, 0.15) is 16.0 Å². The van der Waals surface area contributed by atoms with Crippen LogP contribution in [0.15, 0.2) is 35.7 Å². The Morgan fingerprint density at radius 3 is 2.43 bits per heavy atom. The van der Waals surface area contributed by atoms with Crippen LogP contribution in [-0.2, 0) is 31.4 Å². The minimum atomic E-state index is -1.58. The molecule has 0 amide bonds. The van der Waals surface area contributed by atoms with Crippen LogP contribution in [0.2, 0.25) is 0 Å². The zero-order valence-corrected chi connectivity index (χ0v) is 14.4. The number of hydrogen-bond acceptors (Lipinski definition) is 6. The molecule has 0 spiro atoms. The maximum atomic E-state index is 12.2. The van der Waals surface area contributed by atoms with E-state index in [1.807, 2.05) is 36.6 Å². The molecular weight excluding hydrogens is 316 g/mol. The van der Waals surface area contributed by atoms with Crippen molar-refractivity contribution >= 4 is 17.3 Å². The first-order valence-corrected chi connectivity index (χ1v) is 7.91. The number of carbonyl (C=O) groups is 1. The highest BCUT2D eigenvalue weighted by molar-refractivity contribution is 7.10. The number of esters is 1. The maximum Gasteiger partial charge on any atom is 0.371 e. The Morgan fingerprint density at radius 2 is 1.83 bits per heavy atom. The molecule has 0 radical (unpaired) electrons. The van der Waals surface area contributed by atoms with Crippen LogP contribution in [0.5, 0.6) is 5.75 Å². The van der Waals surface area contributed by atoms with Gasteiger partial charge in [0.2, 0.25) is 0 Å². The summed E-state index contributed by atoms with van der Waals surface area (Å²) in [5, 5.41) is 1.86. The van der Waals surface area contributed by atoms with Gasteiger partial charge < -0.3 is 18.9 Å². The molecule has 2 rings (SSSR count). The second kappa shape index (κ2) is 7.59. The third kappa shape index (κ3) is 3.39. The number of ether oxygens (including phenoxy) is 4. The van der Waals surface area contributed by atoms with Gasteiger partial charge in [-0.15, -0.1) is 11.3 Å². The van der Waals surface area contributed by atoms with Crippen molar-refractivity contribution in [3.63, 3.8) is 0 Å². The highest BCUT2D eigenvalue weighted by atomic mass is 32.1. The van der Waals surface area contributed by atoms with Crippen LogP contribution >= 0.6 is 11.3 Å². The molecule has 0 saturated carbocycles. The second-order valence-corrected chi connectivity index (χ2v) is 5.83. The number of thiophene rings is 1. The average Bonchev–Trinajstić information content (AvgIpc) is 3.04. The van der Waals surface area contributed by atoms with E-state index in [0.29, 0.717) is 12.2 Å². The number of benzene rings is 1. The molecule has 0 fully saturated rings. The number of carbonyl (C=O) groups excluding carboxylic acids is 1. The minimum absolute atomic E-state index is 0.309. The zero-order chi connectivity index (χ0) is 16.9. The molecule has 0 bridgehead atoms. The molecule has 0 unspecified atom stereocenters. The van der Waals surface area contributed by atoms with Crippen molar-refractivity contribution < 1.29 is 23.7 Å². The van der Waals surface area contributed by atoms with Crippen LogP contribution in [0.25, 0.3) is 0 Å². The van der Waals surface area contributed by atoms with Crippen molar-refractivity contribution in [2.45, 2.75) is 19.3 Å². The molecule has 6 heteroatoms. The number of aryl methyl sites for hydroxylation is 1. The van der Waals surface area contributed by atoms with Gasteiger partial charge in [-0.05, 0) is 30.0 Å². The van der Waals surface area contributed by atoms with Crippen molar-refractivity contribution in [2.24, 2.45) is 0 Å². The topological polar surface area (TPSA) is 54.0 Å². The smallest absolute Gasteiger partial charge is 0.371 e. The summed E-state index contributed by atoms with van der Waals surface area (Å²) >= 11 is 1.47. The molecule has 1 aromatic heterocycles. The Balaban J connectivity index is 2.28. The fraction of sp³-hybridized carbons (Fsp3) is 0.353. The summed E-state index contributed by atoms with van der Waals surface area (Å²) in [6.07, 6.45) is 0. The number of methoxy groups -OCH3 is 3. The van der Waals surface area contributed by atoms with Gasteiger partial charge in [-0.1, -0.05) is 18.2 Å². The minimum Gasteiger partial charge on any atom is -0.488 e. The molecule has 0 aliphatic rings. The van der Waals surface area contributed by atoms with Crippen molar-refractivity contribution in [3.05, 3.63) is 51.7 Å². The van der Waals surface area contributed by atoms with Gasteiger partial charge in [-0.2, -0.15) is 0 Å². The van der Waals surface area contributed by atoms with E-state index >= 15 is 0 Å². The molecular formula is C17H20O5S. The Morgan fingerprint density at radius 1 is 1.13 bits per heavy atom. The fourth-order valence-corrected chi connectivity index (χ4v) is 3.15. The Labute approximate surface area is 139 Å². The van der Waals surface area contributed by atoms with E-state index in [-0.39, 0.29) is 0 Å². The predicted octanol–water partition coefficient (Wildman–Crippen LogP) is 3.25. The van der Waals surface area contributed by atoms with Gasteiger partial charge in [0.25, 0.3) is 5.79 Å². The zero-order valence-electron chi connectivity index (χ0n) is 13.6. The predicted molar refractivity (Wildman–Crippen MR) is 87.5 cm³/mol. The molecule has 0 atom stereocenters. The molecule has 23 heavy (non-hydrogen) atoms. The number of para-hydroxylation sites is 1. The standard InChI is InChI=1S/C17H20O5S/c1-12-7-5-6-8-14(12)22-11-15-13(9-10-23-15)17(20-3,21-4)16(18)19-2/h5-10H,11H2,1-4H3. The molecule has 1 aromatic carbocycles. The molecule has 0 saturated heterocycles. The highest BCUT2D eigenvalue weighted by Gasteiger charge is 2.44. The van der Waals surface area contributed by atoms with Crippen molar-refractivity contribution in [1.29, 1.82) is 0 Å². The van der Waals surface area contributed by atoms with Gasteiger partial charge in [0.1, 0.15) is 12.4 Å². The van der Waals surface area contributed by atoms with E-state index < -0.39 is 11.8 Å². The van der Waals surface area contributed by atoms with Crippen molar-refractivity contribution in [2.75, 3.05) is 21.3 Å². The lowest BCUT2D eigenvalue weighted by Crippen LogP contribution is -2.41. The number of hydrogen-bond donors (Lipinski definition) is 0. The summed E-state index contributed by atoms with van der Waals surface area (Å²) in [6, 6.07) is 9.54. The van der Waals surface area contributed by atoms with Gasteiger partial charge in [-0.3, -0.25) is 0 Å². The molecule has 0 N–H and O–H groups in total. The summed E-state index contributed by atoms with van der Waals surface area (Å²) in [6.45, 7) is 2.29. The second-order valence-electron chi connectivity index (χ2n) is 4.83. The normalized spacial score (nSPS) is 11.3. The molecule has 0 aliphatic heterocycles. The molecule has 2 aromatic rings. The summed E-state index contributed by atoms with van der Waals surface area (Å²) in [5.74, 6) is -1.40. The first-order chi connectivity index (χ1) is 11.1. The summed E-state index contributed by atoms with van der Waals surface area (Å²) in [4.78, 5) is 13.0. The molecule has 124 valence electrons. The summed E-state index contributed by atoms with van der Waals surface area (Å²) in [5.41, 5.74) is 1.64. The Bertz CT molecular complexity index is 661. The largest absolute Gasteiger partial charge is 0.488 e. The number of rotatable bonds is 7. The van der Waals surface area contributed by atoms with Crippen LogP contribution in [-0.4, -0.2) is 27.3 Å². The maximum absolute atomic E-state index is 12.2. The quantitative estimate of drug-likeness (QED) is 0.574. The Kier molecular flexibility index (Phi) is 5.76. The van der Waals surface area contributed by atoms with E-state index in [2.05, 4.69) is 0 Å². The lowest BCUT2D eigenvalue weighted by atomic mass is 10.1. The van der Waals surface area contributed by atoms with E-state index in [9.17, 15) is 4.79 Å². The van der Waals surface area contributed by atoms with Crippen LogP contribution in [0, 0.1) is 6.92 Å².